The fourth-order valence-corrected chi connectivity index (χ4v) is 2.79. The Bertz CT molecular complexity index is 294. The highest BCUT2D eigenvalue weighted by Crippen LogP contribution is 2.23. The van der Waals surface area contributed by atoms with Crippen LogP contribution in [0.15, 0.2) is 0 Å². The fourth-order valence-electron chi connectivity index (χ4n) is 2.22. The van der Waals surface area contributed by atoms with Crippen LogP contribution in [0.2, 0.25) is 0 Å². The summed E-state index contributed by atoms with van der Waals surface area (Å²) in [5, 5.41) is 0.0485. The number of hydrogen-bond donors (Lipinski definition) is 0. The molecule has 0 aliphatic carbocycles. The van der Waals surface area contributed by atoms with Crippen LogP contribution in [-0.2, 0) is 19.1 Å². The molecule has 1 fully saturated rings. The van der Waals surface area contributed by atoms with Gasteiger partial charge < -0.3 is 14.4 Å². The van der Waals surface area contributed by atoms with Gasteiger partial charge in [-0.25, -0.2) is 0 Å². The first-order valence-electron chi connectivity index (χ1n) is 6.08. The Kier molecular flexibility index (Phi) is 6.67. The summed E-state index contributed by atoms with van der Waals surface area (Å²) >= 11 is 1.19. The Labute approximate surface area is 112 Å². The number of carbonyl (C=O) groups is 2. The maximum Gasteiger partial charge on any atom is 0.223 e. The molecule has 1 unspecified atom stereocenters. The highest BCUT2D eigenvalue weighted by Gasteiger charge is 2.34. The van der Waals surface area contributed by atoms with E-state index < -0.39 is 0 Å². The first kappa shape index (κ1) is 15.5. The highest BCUT2D eigenvalue weighted by atomic mass is 32.2. The Hall–Kier alpha value is -0.590. The SMILES string of the molecule is COC(OC)C1CCCN1C(=O)CCSC(C)=O. The van der Waals surface area contributed by atoms with Crippen LogP contribution in [0.3, 0.4) is 0 Å². The number of likely N-dealkylation sites (tertiary alicyclic amines) is 1. The molecule has 0 saturated carbocycles. The van der Waals surface area contributed by atoms with Gasteiger partial charge in [-0.15, -0.1) is 0 Å². The van der Waals surface area contributed by atoms with Gasteiger partial charge in [0.1, 0.15) is 0 Å². The van der Waals surface area contributed by atoms with Crippen molar-refractivity contribution in [1.82, 2.24) is 4.90 Å². The van der Waals surface area contributed by atoms with Crippen molar-refractivity contribution < 1.29 is 19.1 Å². The number of amides is 1. The van der Waals surface area contributed by atoms with E-state index in [1.165, 1.54) is 18.7 Å². The Morgan fingerprint density at radius 1 is 1.39 bits per heavy atom. The molecule has 0 aromatic rings. The van der Waals surface area contributed by atoms with E-state index in [9.17, 15) is 9.59 Å². The number of thioether (sulfide) groups is 1. The normalized spacial score (nSPS) is 19.6. The van der Waals surface area contributed by atoms with Crippen molar-refractivity contribution in [1.29, 1.82) is 0 Å². The minimum absolute atomic E-state index is 0.00479. The summed E-state index contributed by atoms with van der Waals surface area (Å²) in [6.07, 6.45) is 1.90. The zero-order chi connectivity index (χ0) is 13.5. The van der Waals surface area contributed by atoms with Gasteiger partial charge in [-0.3, -0.25) is 9.59 Å². The molecule has 0 N–H and O–H groups in total. The molecular formula is C12H21NO4S. The Balaban J connectivity index is 2.47. The van der Waals surface area contributed by atoms with Crippen molar-refractivity contribution in [2.75, 3.05) is 26.5 Å². The highest BCUT2D eigenvalue weighted by molar-refractivity contribution is 8.13. The first-order chi connectivity index (χ1) is 8.60. The largest absolute Gasteiger partial charge is 0.354 e. The lowest BCUT2D eigenvalue weighted by molar-refractivity contribution is -0.156. The smallest absolute Gasteiger partial charge is 0.223 e. The van der Waals surface area contributed by atoms with Crippen LogP contribution in [0, 0.1) is 0 Å². The van der Waals surface area contributed by atoms with Crippen molar-refractivity contribution in [2.45, 2.75) is 38.5 Å². The van der Waals surface area contributed by atoms with E-state index in [0.29, 0.717) is 12.2 Å². The molecule has 18 heavy (non-hydrogen) atoms. The maximum atomic E-state index is 12.1. The molecular weight excluding hydrogens is 254 g/mol. The van der Waals surface area contributed by atoms with E-state index in [-0.39, 0.29) is 23.4 Å². The number of nitrogens with zero attached hydrogens (tertiary/aromatic N) is 1. The summed E-state index contributed by atoms with van der Waals surface area (Å²) in [6, 6.07) is -0.00479. The summed E-state index contributed by atoms with van der Waals surface area (Å²) in [5.74, 6) is 0.618. The lowest BCUT2D eigenvalue weighted by Crippen LogP contribution is -2.44. The number of hydrogen-bond acceptors (Lipinski definition) is 5. The van der Waals surface area contributed by atoms with Gasteiger partial charge in [-0.05, 0) is 12.8 Å². The minimum atomic E-state index is -0.364. The van der Waals surface area contributed by atoms with Crippen molar-refractivity contribution in [3.63, 3.8) is 0 Å². The van der Waals surface area contributed by atoms with Crippen molar-refractivity contribution in [3.8, 4) is 0 Å². The van der Waals surface area contributed by atoms with Crippen LogP contribution in [0.4, 0.5) is 0 Å². The van der Waals surface area contributed by atoms with Crippen molar-refractivity contribution >= 4 is 22.8 Å². The van der Waals surface area contributed by atoms with Crippen LogP contribution in [-0.4, -0.2) is 54.8 Å². The van der Waals surface area contributed by atoms with Crippen LogP contribution in [0.1, 0.15) is 26.2 Å². The van der Waals surface area contributed by atoms with Gasteiger partial charge in [0.25, 0.3) is 0 Å². The first-order valence-corrected chi connectivity index (χ1v) is 7.07. The molecule has 1 saturated heterocycles. The second-order valence-electron chi connectivity index (χ2n) is 4.23. The predicted molar refractivity (Wildman–Crippen MR) is 70.3 cm³/mol. The second kappa shape index (κ2) is 7.76. The van der Waals surface area contributed by atoms with Gasteiger partial charge in [0.05, 0.1) is 6.04 Å². The molecule has 0 aromatic heterocycles. The zero-order valence-corrected chi connectivity index (χ0v) is 12.0. The molecule has 1 atom stereocenters. The van der Waals surface area contributed by atoms with Crippen LogP contribution in [0.25, 0.3) is 0 Å². The molecule has 5 nitrogen and oxygen atoms in total. The third-order valence-corrected chi connectivity index (χ3v) is 3.83. The van der Waals surface area contributed by atoms with Gasteiger partial charge >= 0.3 is 0 Å². The van der Waals surface area contributed by atoms with E-state index in [1.54, 1.807) is 14.2 Å². The number of rotatable bonds is 6. The predicted octanol–water partition coefficient (Wildman–Crippen LogP) is 1.27. The summed E-state index contributed by atoms with van der Waals surface area (Å²) < 4.78 is 10.5. The summed E-state index contributed by atoms with van der Waals surface area (Å²) in [4.78, 5) is 24.7. The molecule has 0 spiro atoms. The molecule has 1 heterocycles. The summed E-state index contributed by atoms with van der Waals surface area (Å²) in [7, 11) is 3.17. The molecule has 1 aliphatic heterocycles. The third-order valence-electron chi connectivity index (χ3n) is 3.02. The third kappa shape index (κ3) is 4.26. The zero-order valence-electron chi connectivity index (χ0n) is 11.2. The number of carbonyl (C=O) groups excluding carboxylic acids is 2. The van der Waals surface area contributed by atoms with E-state index in [0.717, 1.165) is 19.4 Å². The monoisotopic (exact) mass is 275 g/mol. The van der Waals surface area contributed by atoms with Gasteiger partial charge in [-0.2, -0.15) is 0 Å². The Morgan fingerprint density at radius 2 is 2.06 bits per heavy atom. The molecule has 0 bridgehead atoms. The van der Waals surface area contributed by atoms with E-state index in [2.05, 4.69) is 0 Å². The number of ether oxygens (including phenoxy) is 2. The van der Waals surface area contributed by atoms with Gasteiger partial charge in [0, 0.05) is 39.9 Å². The lowest BCUT2D eigenvalue weighted by Gasteiger charge is -2.29. The molecule has 1 rings (SSSR count). The van der Waals surface area contributed by atoms with E-state index in [4.69, 9.17) is 9.47 Å². The quantitative estimate of drug-likeness (QED) is 0.683. The van der Waals surface area contributed by atoms with Crippen LogP contribution >= 0.6 is 11.8 Å². The topological polar surface area (TPSA) is 55.8 Å². The average Bonchev–Trinajstić information content (AvgIpc) is 2.79. The summed E-state index contributed by atoms with van der Waals surface area (Å²) in [5.41, 5.74) is 0. The molecule has 0 radical (unpaired) electrons. The van der Waals surface area contributed by atoms with Gasteiger partial charge in [-0.1, -0.05) is 11.8 Å². The maximum absolute atomic E-state index is 12.1. The van der Waals surface area contributed by atoms with E-state index in [1.807, 2.05) is 4.90 Å². The van der Waals surface area contributed by atoms with Crippen LogP contribution < -0.4 is 0 Å². The molecule has 1 aliphatic rings. The summed E-state index contributed by atoms with van der Waals surface area (Å²) in [6.45, 7) is 2.26. The molecule has 0 aromatic carbocycles. The van der Waals surface area contributed by atoms with Gasteiger partial charge in [0.2, 0.25) is 5.91 Å². The van der Waals surface area contributed by atoms with Gasteiger partial charge in [0.15, 0.2) is 11.4 Å². The lowest BCUT2D eigenvalue weighted by atomic mass is 10.2. The van der Waals surface area contributed by atoms with E-state index >= 15 is 0 Å². The Morgan fingerprint density at radius 3 is 2.61 bits per heavy atom. The van der Waals surface area contributed by atoms with Crippen molar-refractivity contribution in [3.05, 3.63) is 0 Å². The van der Waals surface area contributed by atoms with Crippen LogP contribution in [0.5, 0.6) is 0 Å². The fraction of sp³-hybridized carbons (Fsp3) is 0.833. The minimum Gasteiger partial charge on any atom is -0.354 e. The average molecular weight is 275 g/mol. The standard InChI is InChI=1S/C12H21NO4S/c1-9(14)18-8-6-11(15)13-7-4-5-10(13)12(16-2)17-3/h10,12H,4-8H2,1-3H3. The van der Waals surface area contributed by atoms with Crippen molar-refractivity contribution in [2.24, 2.45) is 0 Å². The molecule has 104 valence electrons. The number of methoxy groups -OCH3 is 2. The molecule has 1 amide bonds. The molecule has 6 heteroatoms. The second-order valence-corrected chi connectivity index (χ2v) is 5.50.